The lowest BCUT2D eigenvalue weighted by Crippen LogP contribution is -2.40. The van der Waals surface area contributed by atoms with Crippen LogP contribution < -0.4 is 15.4 Å². The van der Waals surface area contributed by atoms with Crippen molar-refractivity contribution in [2.24, 2.45) is 11.7 Å². The monoisotopic (exact) mass is 534 g/mol. The summed E-state index contributed by atoms with van der Waals surface area (Å²) in [5, 5.41) is -0.467. The lowest BCUT2D eigenvalue weighted by Gasteiger charge is -2.33. The minimum Gasteiger partial charge on any atom is -0.439 e. The zero-order chi connectivity index (χ0) is 27.2. The van der Waals surface area contributed by atoms with Gasteiger partial charge in [0.15, 0.2) is 5.03 Å². The Bertz CT molecular complexity index is 1460. The van der Waals surface area contributed by atoms with Gasteiger partial charge in [-0.05, 0) is 56.5 Å². The van der Waals surface area contributed by atoms with Crippen LogP contribution in [0.3, 0.4) is 0 Å². The number of halogens is 3. The molecule has 12 heteroatoms. The van der Waals surface area contributed by atoms with Gasteiger partial charge in [-0.3, -0.25) is 4.79 Å². The second-order valence-corrected chi connectivity index (χ2v) is 11.4. The van der Waals surface area contributed by atoms with Crippen LogP contribution in [-0.4, -0.2) is 36.4 Å². The molecule has 0 bridgehead atoms. The van der Waals surface area contributed by atoms with Gasteiger partial charge < -0.3 is 15.4 Å². The molecule has 196 valence electrons. The summed E-state index contributed by atoms with van der Waals surface area (Å²) in [5.41, 5.74) is 4.08. The number of hydrogen-bond donors (Lipinski definition) is 1. The number of hydrogen-bond acceptors (Lipinski definition) is 7. The van der Waals surface area contributed by atoms with Crippen LogP contribution in [0.5, 0.6) is 11.6 Å². The van der Waals surface area contributed by atoms with Crippen LogP contribution in [0.15, 0.2) is 64.6 Å². The average Bonchev–Trinajstić information content (AvgIpc) is 3.09. The van der Waals surface area contributed by atoms with Gasteiger partial charge >= 0.3 is 6.18 Å². The number of rotatable bonds is 6. The van der Waals surface area contributed by atoms with Crippen LogP contribution in [0, 0.1) is 5.92 Å². The predicted molar refractivity (Wildman–Crippen MR) is 129 cm³/mol. The van der Waals surface area contributed by atoms with E-state index in [9.17, 15) is 26.4 Å². The Kier molecular flexibility index (Phi) is 6.65. The molecule has 1 aliphatic rings. The molecule has 4 rings (SSSR count). The highest BCUT2D eigenvalue weighted by Crippen LogP contribution is 2.39. The smallest absolute Gasteiger partial charge is 0.416 e. The molecule has 3 aromatic rings. The molecule has 1 fully saturated rings. The summed E-state index contributed by atoms with van der Waals surface area (Å²) in [5.74, 6) is -0.937. The second kappa shape index (κ2) is 9.33. The summed E-state index contributed by atoms with van der Waals surface area (Å²) in [6.45, 7) is 6.55. The molecule has 1 aromatic carbocycles. The highest BCUT2D eigenvalue weighted by Gasteiger charge is 2.40. The predicted octanol–water partition coefficient (Wildman–Crippen LogP) is 4.84. The molecule has 1 aliphatic heterocycles. The fraction of sp³-hybridized carbons (Fsp3) is 0.320. The third kappa shape index (κ3) is 5.24. The topological polar surface area (TPSA) is 115 Å². The van der Waals surface area contributed by atoms with Crippen molar-refractivity contribution in [2.45, 2.75) is 48.8 Å². The van der Waals surface area contributed by atoms with Crippen molar-refractivity contribution in [1.29, 1.82) is 0 Å². The number of ether oxygens (including phenoxy) is 1. The SMILES string of the molecule is CC1CN(c2nccc(S(=O)(=O)c3cccc(Oc4cccc(C(F)(F)F)c4)n3)c2C(N)=O)C(C)(C)C1. The number of nitrogens with zero attached hydrogens (tertiary/aromatic N) is 3. The first kappa shape index (κ1) is 26.4. The standard InChI is InChI=1S/C25H25F3N4O4S/c1-15-13-24(2,3)32(14-15)23-21(22(29)33)18(10-11-30-23)37(34,35)20-9-5-8-19(31-20)36-17-7-4-6-16(12-17)25(26,27)28/h4-12,15H,13-14H2,1-3H3,(H2,29,33). The average molecular weight is 535 g/mol. The summed E-state index contributed by atoms with van der Waals surface area (Å²) in [4.78, 5) is 22.3. The van der Waals surface area contributed by atoms with Crippen molar-refractivity contribution in [3.05, 3.63) is 65.9 Å². The zero-order valence-corrected chi connectivity index (χ0v) is 21.1. The van der Waals surface area contributed by atoms with Crippen molar-refractivity contribution < 1.29 is 31.1 Å². The molecule has 0 aliphatic carbocycles. The number of anilines is 1. The Morgan fingerprint density at radius 3 is 2.49 bits per heavy atom. The van der Waals surface area contributed by atoms with Crippen LogP contribution in [0.1, 0.15) is 43.1 Å². The van der Waals surface area contributed by atoms with E-state index in [2.05, 4.69) is 9.97 Å². The fourth-order valence-electron chi connectivity index (χ4n) is 4.63. The second-order valence-electron chi connectivity index (χ2n) is 9.55. The van der Waals surface area contributed by atoms with E-state index < -0.39 is 38.0 Å². The van der Waals surface area contributed by atoms with Gasteiger partial charge in [0.1, 0.15) is 17.1 Å². The molecule has 8 nitrogen and oxygen atoms in total. The van der Waals surface area contributed by atoms with Crippen LogP contribution in [-0.2, 0) is 16.0 Å². The van der Waals surface area contributed by atoms with Crippen LogP contribution in [0.4, 0.5) is 19.0 Å². The number of aromatic nitrogens is 2. The Hall–Kier alpha value is -3.67. The quantitative estimate of drug-likeness (QED) is 0.481. The highest BCUT2D eigenvalue weighted by atomic mass is 32.2. The zero-order valence-electron chi connectivity index (χ0n) is 20.3. The Morgan fingerprint density at radius 1 is 1.16 bits per heavy atom. The lowest BCUT2D eigenvalue weighted by atomic mass is 9.97. The Labute approximate surface area is 212 Å². The van der Waals surface area contributed by atoms with Crippen molar-refractivity contribution >= 4 is 21.6 Å². The molecule has 0 radical (unpaired) electrons. The summed E-state index contributed by atoms with van der Waals surface area (Å²) >= 11 is 0. The third-order valence-corrected chi connectivity index (χ3v) is 7.81. The number of benzene rings is 1. The fourth-order valence-corrected chi connectivity index (χ4v) is 6.02. The molecular formula is C25H25F3N4O4S. The van der Waals surface area contributed by atoms with Crippen molar-refractivity contribution in [1.82, 2.24) is 9.97 Å². The van der Waals surface area contributed by atoms with E-state index in [0.29, 0.717) is 6.54 Å². The van der Waals surface area contributed by atoms with Crippen LogP contribution in [0.25, 0.3) is 0 Å². The third-order valence-electron chi connectivity index (χ3n) is 6.11. The largest absolute Gasteiger partial charge is 0.439 e. The van der Waals surface area contributed by atoms with E-state index in [1.54, 1.807) is 0 Å². The first-order chi connectivity index (χ1) is 17.2. The molecule has 37 heavy (non-hydrogen) atoms. The van der Waals surface area contributed by atoms with Gasteiger partial charge in [-0.25, -0.2) is 18.4 Å². The van der Waals surface area contributed by atoms with Gasteiger partial charge in [-0.15, -0.1) is 0 Å². The van der Waals surface area contributed by atoms with E-state index in [0.717, 1.165) is 24.6 Å². The summed E-state index contributed by atoms with van der Waals surface area (Å²) in [6, 6.07) is 9.13. The molecule has 2 N–H and O–H groups in total. The van der Waals surface area contributed by atoms with Gasteiger partial charge in [0.2, 0.25) is 15.7 Å². The molecule has 0 spiro atoms. The van der Waals surface area contributed by atoms with Crippen molar-refractivity contribution in [3.8, 4) is 11.6 Å². The van der Waals surface area contributed by atoms with E-state index >= 15 is 0 Å². The van der Waals surface area contributed by atoms with Crippen molar-refractivity contribution in [3.63, 3.8) is 0 Å². The number of alkyl halides is 3. The number of carbonyl (C=O) groups excluding carboxylic acids is 1. The number of sulfone groups is 1. The molecule has 2 aromatic heterocycles. The number of nitrogens with two attached hydrogens (primary N) is 1. The summed E-state index contributed by atoms with van der Waals surface area (Å²) < 4.78 is 71.8. The van der Waals surface area contributed by atoms with E-state index in [4.69, 9.17) is 10.5 Å². The maximum Gasteiger partial charge on any atom is 0.416 e. The summed E-state index contributed by atoms with van der Waals surface area (Å²) in [7, 11) is -4.40. The molecule has 3 heterocycles. The summed E-state index contributed by atoms with van der Waals surface area (Å²) in [6.07, 6.45) is -2.49. The first-order valence-corrected chi connectivity index (χ1v) is 12.8. The highest BCUT2D eigenvalue weighted by molar-refractivity contribution is 7.91. The molecular weight excluding hydrogens is 509 g/mol. The minimum absolute atomic E-state index is 0.166. The number of primary amides is 1. The molecule has 1 unspecified atom stereocenters. The first-order valence-electron chi connectivity index (χ1n) is 11.3. The molecule has 0 saturated carbocycles. The lowest BCUT2D eigenvalue weighted by molar-refractivity contribution is -0.137. The maximum absolute atomic E-state index is 13.6. The van der Waals surface area contributed by atoms with E-state index in [1.165, 1.54) is 36.5 Å². The number of pyridine rings is 2. The van der Waals surface area contributed by atoms with E-state index in [1.807, 2.05) is 25.7 Å². The molecule has 1 saturated heterocycles. The number of carbonyl (C=O) groups is 1. The van der Waals surface area contributed by atoms with Crippen LogP contribution >= 0.6 is 0 Å². The minimum atomic E-state index is -4.58. The van der Waals surface area contributed by atoms with Crippen LogP contribution in [0.2, 0.25) is 0 Å². The van der Waals surface area contributed by atoms with E-state index in [-0.39, 0.29) is 33.8 Å². The number of amides is 1. The van der Waals surface area contributed by atoms with Gasteiger partial charge in [0, 0.05) is 24.3 Å². The van der Waals surface area contributed by atoms with Gasteiger partial charge in [-0.2, -0.15) is 13.2 Å². The molecule has 1 atom stereocenters. The van der Waals surface area contributed by atoms with Gasteiger partial charge in [0.05, 0.1) is 10.5 Å². The van der Waals surface area contributed by atoms with Crippen molar-refractivity contribution in [2.75, 3.05) is 11.4 Å². The maximum atomic E-state index is 13.6. The normalized spacial score (nSPS) is 17.6. The van der Waals surface area contributed by atoms with Gasteiger partial charge in [0.25, 0.3) is 5.91 Å². The molecule has 1 amide bonds. The van der Waals surface area contributed by atoms with Gasteiger partial charge in [-0.1, -0.05) is 19.1 Å². The Balaban J connectivity index is 1.75. The Morgan fingerprint density at radius 2 is 1.86 bits per heavy atom.